The van der Waals surface area contributed by atoms with Crippen LogP contribution in [0, 0.1) is 0 Å². The van der Waals surface area contributed by atoms with Crippen LogP contribution < -0.4 is 14.8 Å². The average Bonchev–Trinajstić information content (AvgIpc) is 3.03. The van der Waals surface area contributed by atoms with Crippen LogP contribution in [0.3, 0.4) is 0 Å². The van der Waals surface area contributed by atoms with Crippen LogP contribution in [0.2, 0.25) is 0 Å². The van der Waals surface area contributed by atoms with Crippen molar-refractivity contribution in [3.05, 3.63) is 54.1 Å². The Balaban J connectivity index is 1.50. The molecule has 0 saturated heterocycles. The lowest BCUT2D eigenvalue weighted by atomic mass is 10.1. The fourth-order valence-corrected chi connectivity index (χ4v) is 2.98. The highest BCUT2D eigenvalue weighted by molar-refractivity contribution is 6.17. The van der Waals surface area contributed by atoms with Crippen LogP contribution in [0.1, 0.15) is 24.8 Å². The molecule has 0 radical (unpaired) electrons. The van der Waals surface area contributed by atoms with E-state index in [9.17, 15) is 4.79 Å². The van der Waals surface area contributed by atoms with Crippen LogP contribution in [-0.4, -0.2) is 24.4 Å². The van der Waals surface area contributed by atoms with Crippen LogP contribution in [-0.2, 0) is 11.2 Å². The Morgan fingerprint density at radius 1 is 1.16 bits per heavy atom. The standard InChI is InChI=1S/C20H22ClNO3/c21-11-5-4-8-20(23)22-14-18-13-15-12-17(9-10-19(15)25-18)24-16-6-2-1-3-7-16/h1-3,6-7,9-10,12,18H,4-5,8,11,13-14H2,(H,22,23)/t18-/m0/s1. The third-order valence-corrected chi connectivity index (χ3v) is 4.33. The lowest BCUT2D eigenvalue weighted by Crippen LogP contribution is -2.34. The van der Waals surface area contributed by atoms with E-state index in [1.54, 1.807) is 0 Å². The number of carbonyl (C=O) groups excluding carboxylic acids is 1. The van der Waals surface area contributed by atoms with Gasteiger partial charge in [-0.1, -0.05) is 18.2 Å². The van der Waals surface area contributed by atoms with Crippen molar-refractivity contribution < 1.29 is 14.3 Å². The normalized spacial score (nSPS) is 15.3. The largest absolute Gasteiger partial charge is 0.488 e. The molecule has 25 heavy (non-hydrogen) atoms. The molecule has 4 nitrogen and oxygen atoms in total. The molecular formula is C20H22ClNO3. The maximum absolute atomic E-state index is 11.8. The van der Waals surface area contributed by atoms with Gasteiger partial charge in [0.25, 0.3) is 0 Å². The number of alkyl halides is 1. The number of hydrogen-bond donors (Lipinski definition) is 1. The van der Waals surface area contributed by atoms with E-state index in [-0.39, 0.29) is 12.0 Å². The van der Waals surface area contributed by atoms with Gasteiger partial charge in [0.05, 0.1) is 6.54 Å². The Morgan fingerprint density at radius 2 is 2.00 bits per heavy atom. The Kier molecular flexibility index (Phi) is 6.18. The van der Waals surface area contributed by atoms with Gasteiger partial charge in [0.2, 0.25) is 5.91 Å². The molecule has 5 heteroatoms. The van der Waals surface area contributed by atoms with Crippen molar-refractivity contribution in [2.45, 2.75) is 31.8 Å². The Morgan fingerprint density at radius 3 is 2.80 bits per heavy atom. The van der Waals surface area contributed by atoms with Gasteiger partial charge in [0.15, 0.2) is 0 Å². The molecule has 0 saturated carbocycles. The molecule has 2 aromatic rings. The third kappa shape index (κ3) is 5.13. The zero-order valence-corrected chi connectivity index (χ0v) is 14.8. The van der Waals surface area contributed by atoms with Crippen LogP contribution in [0.4, 0.5) is 0 Å². The highest BCUT2D eigenvalue weighted by Gasteiger charge is 2.23. The van der Waals surface area contributed by atoms with Crippen molar-refractivity contribution >= 4 is 17.5 Å². The second-order valence-electron chi connectivity index (χ2n) is 6.08. The summed E-state index contributed by atoms with van der Waals surface area (Å²) < 4.78 is 11.8. The van der Waals surface area contributed by atoms with Gasteiger partial charge in [-0.3, -0.25) is 4.79 Å². The van der Waals surface area contributed by atoms with E-state index < -0.39 is 0 Å². The molecule has 0 fully saturated rings. The Bertz CT molecular complexity index is 705. The maximum atomic E-state index is 11.8. The van der Waals surface area contributed by atoms with Crippen molar-refractivity contribution in [1.82, 2.24) is 5.32 Å². The molecule has 2 aromatic carbocycles. The molecule has 1 heterocycles. The molecule has 0 aromatic heterocycles. The van der Waals surface area contributed by atoms with Crippen molar-refractivity contribution in [3.8, 4) is 17.2 Å². The number of rotatable bonds is 8. The van der Waals surface area contributed by atoms with Crippen molar-refractivity contribution in [3.63, 3.8) is 0 Å². The monoisotopic (exact) mass is 359 g/mol. The first-order valence-corrected chi connectivity index (χ1v) is 9.13. The number of nitrogens with one attached hydrogen (secondary N) is 1. The minimum atomic E-state index is -0.0287. The topological polar surface area (TPSA) is 47.6 Å². The number of para-hydroxylation sites is 1. The molecule has 1 N–H and O–H groups in total. The predicted molar refractivity (Wildman–Crippen MR) is 98.7 cm³/mol. The molecular weight excluding hydrogens is 338 g/mol. The first kappa shape index (κ1) is 17.6. The minimum absolute atomic E-state index is 0.0287. The van der Waals surface area contributed by atoms with Crippen molar-refractivity contribution in [1.29, 1.82) is 0 Å². The summed E-state index contributed by atoms with van der Waals surface area (Å²) >= 11 is 5.62. The van der Waals surface area contributed by atoms with Gasteiger partial charge in [-0.05, 0) is 43.2 Å². The molecule has 0 bridgehead atoms. The fourth-order valence-electron chi connectivity index (χ4n) is 2.79. The van der Waals surface area contributed by atoms with Gasteiger partial charge in [0, 0.05) is 24.3 Å². The fraction of sp³-hybridized carbons (Fsp3) is 0.350. The summed E-state index contributed by atoms with van der Waals surface area (Å²) in [6.07, 6.45) is 2.94. The molecule has 0 spiro atoms. The molecule has 0 unspecified atom stereocenters. The third-order valence-electron chi connectivity index (χ3n) is 4.07. The lowest BCUT2D eigenvalue weighted by molar-refractivity contribution is -0.121. The second kappa shape index (κ2) is 8.77. The number of carbonyl (C=O) groups is 1. The van der Waals surface area contributed by atoms with E-state index in [1.807, 2.05) is 48.5 Å². The van der Waals surface area contributed by atoms with Gasteiger partial charge in [0.1, 0.15) is 23.4 Å². The number of amides is 1. The molecule has 1 amide bonds. The van der Waals surface area contributed by atoms with Gasteiger partial charge < -0.3 is 14.8 Å². The van der Waals surface area contributed by atoms with E-state index in [2.05, 4.69) is 5.32 Å². The first-order valence-electron chi connectivity index (χ1n) is 8.60. The van der Waals surface area contributed by atoms with Crippen LogP contribution in [0.25, 0.3) is 0 Å². The summed E-state index contributed by atoms with van der Waals surface area (Å²) in [7, 11) is 0. The summed E-state index contributed by atoms with van der Waals surface area (Å²) in [5.41, 5.74) is 1.11. The van der Waals surface area contributed by atoms with Gasteiger partial charge in [-0.25, -0.2) is 0 Å². The minimum Gasteiger partial charge on any atom is -0.488 e. The van der Waals surface area contributed by atoms with Crippen molar-refractivity contribution in [2.75, 3.05) is 12.4 Å². The highest BCUT2D eigenvalue weighted by atomic mass is 35.5. The van der Waals surface area contributed by atoms with Gasteiger partial charge >= 0.3 is 0 Å². The van der Waals surface area contributed by atoms with Crippen LogP contribution in [0.15, 0.2) is 48.5 Å². The van der Waals surface area contributed by atoms with E-state index in [1.165, 1.54) is 0 Å². The lowest BCUT2D eigenvalue weighted by Gasteiger charge is -2.11. The molecule has 1 atom stereocenters. The zero-order chi connectivity index (χ0) is 17.5. The molecule has 0 aliphatic carbocycles. The maximum Gasteiger partial charge on any atom is 0.220 e. The highest BCUT2D eigenvalue weighted by Crippen LogP contribution is 2.33. The van der Waals surface area contributed by atoms with E-state index in [0.717, 1.165) is 42.1 Å². The number of unbranched alkanes of at least 4 members (excludes halogenated alkanes) is 1. The number of halogens is 1. The van der Waals surface area contributed by atoms with E-state index in [4.69, 9.17) is 21.1 Å². The quantitative estimate of drug-likeness (QED) is 0.564. The zero-order valence-electron chi connectivity index (χ0n) is 14.0. The summed E-state index contributed by atoms with van der Waals surface area (Å²) in [6, 6.07) is 15.5. The summed E-state index contributed by atoms with van der Waals surface area (Å²) in [4.78, 5) is 11.8. The Labute approximate surface area is 153 Å². The van der Waals surface area contributed by atoms with Crippen LogP contribution >= 0.6 is 11.6 Å². The first-order chi connectivity index (χ1) is 12.2. The summed E-state index contributed by atoms with van der Waals surface area (Å²) in [5.74, 6) is 3.11. The number of fused-ring (bicyclic) bond motifs is 1. The van der Waals surface area contributed by atoms with Crippen LogP contribution in [0.5, 0.6) is 17.2 Å². The van der Waals surface area contributed by atoms with Crippen molar-refractivity contribution in [2.24, 2.45) is 0 Å². The summed E-state index contributed by atoms with van der Waals surface area (Å²) in [5, 5.41) is 2.93. The van der Waals surface area contributed by atoms with E-state index >= 15 is 0 Å². The Hall–Kier alpha value is -2.20. The molecule has 132 valence electrons. The molecule has 1 aliphatic heterocycles. The smallest absolute Gasteiger partial charge is 0.220 e. The molecule has 3 rings (SSSR count). The molecule has 1 aliphatic rings. The van der Waals surface area contributed by atoms with Gasteiger partial charge in [-0.15, -0.1) is 11.6 Å². The predicted octanol–water partition coefficient (Wildman–Crippen LogP) is 4.31. The average molecular weight is 360 g/mol. The number of benzene rings is 2. The van der Waals surface area contributed by atoms with E-state index in [0.29, 0.717) is 18.8 Å². The SMILES string of the molecule is O=C(CCCCCl)NC[C@@H]1Cc2cc(Oc3ccccc3)ccc2O1. The summed E-state index contributed by atoms with van der Waals surface area (Å²) in [6.45, 7) is 0.517. The second-order valence-corrected chi connectivity index (χ2v) is 6.46. The number of ether oxygens (including phenoxy) is 2. The van der Waals surface area contributed by atoms with Gasteiger partial charge in [-0.2, -0.15) is 0 Å². The number of hydrogen-bond acceptors (Lipinski definition) is 3.